The fourth-order valence-electron chi connectivity index (χ4n) is 3.63. The van der Waals surface area contributed by atoms with E-state index in [9.17, 15) is 27.6 Å². The third-order valence-electron chi connectivity index (χ3n) is 5.37. The molecule has 0 aliphatic carbocycles. The van der Waals surface area contributed by atoms with Gasteiger partial charge in [-0.25, -0.2) is 23.1 Å². The van der Waals surface area contributed by atoms with Crippen molar-refractivity contribution in [1.82, 2.24) is 15.3 Å². The summed E-state index contributed by atoms with van der Waals surface area (Å²) >= 11 is 0. The largest absolute Gasteiger partial charge is 0.462 e. The zero-order valence-electron chi connectivity index (χ0n) is 21.4. The zero-order valence-corrected chi connectivity index (χ0v) is 22.3. The number of aldehydes is 1. The molecule has 0 bridgehead atoms. The number of carbonyl (C=O) groups excluding carboxylic acids is 3. The van der Waals surface area contributed by atoms with E-state index in [-0.39, 0.29) is 18.9 Å². The van der Waals surface area contributed by atoms with Crippen LogP contribution in [-0.4, -0.2) is 67.7 Å². The monoisotopic (exact) mass is 571 g/mol. The van der Waals surface area contributed by atoms with Gasteiger partial charge in [0, 0.05) is 12.4 Å². The second-order valence-corrected chi connectivity index (χ2v) is 9.90. The van der Waals surface area contributed by atoms with E-state index in [0.717, 1.165) is 10.8 Å². The van der Waals surface area contributed by atoms with Gasteiger partial charge in [-0.15, -0.1) is 0 Å². The molecule has 0 aromatic heterocycles. The van der Waals surface area contributed by atoms with Gasteiger partial charge in [-0.05, 0) is 25.3 Å². The Morgan fingerprint density at radius 1 is 1.23 bits per heavy atom. The second-order valence-electron chi connectivity index (χ2n) is 8.63. The topological polar surface area (TPSA) is 115 Å². The maximum absolute atomic E-state index is 14.9. The number of nitrogens with zero attached hydrogens (tertiary/aromatic N) is 1. The average Bonchev–Trinajstić information content (AvgIpc) is 3.21. The summed E-state index contributed by atoms with van der Waals surface area (Å²) in [6.07, 6.45) is -4.47. The summed E-state index contributed by atoms with van der Waals surface area (Å²) in [7, 11) is -0.950. The Morgan fingerprint density at radius 3 is 2.64 bits per heavy atom. The van der Waals surface area contributed by atoms with Gasteiger partial charge in [0.25, 0.3) is 5.92 Å². The van der Waals surface area contributed by atoms with Crippen LogP contribution in [0.4, 0.5) is 18.0 Å². The number of esters is 1. The lowest BCUT2D eigenvalue weighted by molar-refractivity contribution is -0.145. The molecule has 1 aliphatic rings. The van der Waals surface area contributed by atoms with Crippen LogP contribution in [0.15, 0.2) is 54.5 Å². The third kappa shape index (κ3) is 8.37. The number of allylic oxidation sites excluding steroid dienone is 1. The van der Waals surface area contributed by atoms with Crippen LogP contribution in [0.2, 0.25) is 0 Å². The molecule has 3 atom stereocenters. The lowest BCUT2D eigenvalue weighted by Crippen LogP contribution is -2.42. The van der Waals surface area contributed by atoms with Crippen LogP contribution in [-0.2, 0) is 23.6 Å². The molecule has 2 aromatic carbocycles. The Hall–Kier alpha value is -3.25. The highest BCUT2D eigenvalue weighted by Crippen LogP contribution is 2.42. The molecule has 0 saturated carbocycles. The highest BCUT2D eigenvalue weighted by Gasteiger charge is 2.53. The normalized spacial score (nSPS) is 19.5. The lowest BCUT2D eigenvalue weighted by atomic mass is 10.1. The number of hydrogen-bond donors (Lipinski definition) is 2. The van der Waals surface area contributed by atoms with E-state index in [1.807, 2.05) is 24.3 Å². The number of ether oxygens (including phenoxy) is 2. The Labute approximate surface area is 224 Å². The van der Waals surface area contributed by atoms with Crippen molar-refractivity contribution >= 4 is 37.6 Å². The number of fused-ring (bicyclic) bond motifs is 1. The molecule has 2 N–H and O–H groups in total. The molecule has 0 radical (unpaired) electrons. The van der Waals surface area contributed by atoms with Gasteiger partial charge in [0.15, 0.2) is 12.1 Å². The van der Waals surface area contributed by atoms with Crippen LogP contribution in [0.25, 0.3) is 10.8 Å². The molecule has 3 unspecified atom stereocenters. The summed E-state index contributed by atoms with van der Waals surface area (Å²) in [5.41, 5.74) is 0. The van der Waals surface area contributed by atoms with Crippen molar-refractivity contribution in [2.24, 2.45) is 0 Å². The summed E-state index contributed by atoms with van der Waals surface area (Å²) in [6.45, 7) is 2.34. The van der Waals surface area contributed by atoms with Crippen molar-refractivity contribution in [1.29, 1.82) is 0 Å². The van der Waals surface area contributed by atoms with E-state index >= 15 is 0 Å². The number of alkyl halides is 2. The quantitative estimate of drug-likeness (QED) is 0.167. The van der Waals surface area contributed by atoms with Crippen molar-refractivity contribution in [2.45, 2.75) is 44.6 Å². The number of rotatable bonds is 12. The number of amides is 2. The summed E-state index contributed by atoms with van der Waals surface area (Å²) in [6, 6.07) is 11.7. The fourth-order valence-corrected chi connectivity index (χ4v) is 4.70. The van der Waals surface area contributed by atoms with Crippen molar-refractivity contribution in [3.05, 3.63) is 54.5 Å². The summed E-state index contributed by atoms with van der Waals surface area (Å²) in [5, 5.41) is 6.53. The standard InChI is InChI=1S/C25H29F3N3O7P/c1-16(2)36-23(33)12-30-39(38-20-10-6-8-17-7-4-5-9-19(17)20)35-15-21-25(27,28)11-22(37-21)31(24(34)29-3)13-18(26)14-32/h4-10,13-14,16,21-22,30H,11-12,15H2,1-3H3,(H,29,34)/b18-13+. The molecule has 1 saturated heterocycles. The van der Waals surface area contributed by atoms with Gasteiger partial charge in [-0.2, -0.15) is 0 Å². The molecule has 1 aliphatic heterocycles. The number of urea groups is 1. The van der Waals surface area contributed by atoms with Crippen molar-refractivity contribution in [3.63, 3.8) is 0 Å². The Kier molecular flexibility index (Phi) is 10.6. The molecule has 212 valence electrons. The van der Waals surface area contributed by atoms with E-state index < -0.39 is 57.6 Å². The first-order valence-electron chi connectivity index (χ1n) is 11.9. The van der Waals surface area contributed by atoms with Gasteiger partial charge in [0.05, 0.1) is 25.3 Å². The molecule has 10 nitrogen and oxygen atoms in total. The molecule has 1 fully saturated rings. The number of carbonyl (C=O) groups is 3. The number of nitrogens with one attached hydrogen (secondary N) is 2. The summed E-state index contributed by atoms with van der Waals surface area (Å²) in [4.78, 5) is 35.4. The average molecular weight is 571 g/mol. The Bertz CT molecular complexity index is 1200. The van der Waals surface area contributed by atoms with Crippen LogP contribution in [0.3, 0.4) is 0 Å². The van der Waals surface area contributed by atoms with Gasteiger partial charge in [-0.3, -0.25) is 14.5 Å². The summed E-state index contributed by atoms with van der Waals surface area (Å²) < 4.78 is 65.4. The SMILES string of the molecule is CNC(=O)N(/C=C(/F)C=O)C1CC(F)(F)C(COP(NCC(=O)OC(C)C)Oc2cccc3ccccc23)O1. The van der Waals surface area contributed by atoms with Gasteiger partial charge in [-0.1, -0.05) is 36.4 Å². The Balaban J connectivity index is 1.76. The molecular formula is C25H29F3N3O7P. The van der Waals surface area contributed by atoms with Crippen LogP contribution < -0.4 is 14.9 Å². The minimum Gasteiger partial charge on any atom is -0.462 e. The molecule has 2 amide bonds. The smallest absolute Gasteiger partial charge is 0.323 e. The maximum atomic E-state index is 14.9. The minimum atomic E-state index is -3.49. The number of benzene rings is 2. The highest BCUT2D eigenvalue weighted by atomic mass is 31.2. The fraction of sp³-hybridized carbons (Fsp3) is 0.400. The van der Waals surface area contributed by atoms with E-state index in [1.165, 1.54) is 7.05 Å². The zero-order chi connectivity index (χ0) is 28.6. The van der Waals surface area contributed by atoms with Crippen LogP contribution in [0, 0.1) is 0 Å². The minimum absolute atomic E-state index is 0.169. The first kappa shape index (κ1) is 30.3. The predicted molar refractivity (Wildman–Crippen MR) is 136 cm³/mol. The van der Waals surface area contributed by atoms with Gasteiger partial charge < -0.3 is 23.8 Å². The van der Waals surface area contributed by atoms with Crippen LogP contribution in [0.1, 0.15) is 20.3 Å². The van der Waals surface area contributed by atoms with E-state index in [2.05, 4.69) is 10.4 Å². The second kappa shape index (κ2) is 13.7. The maximum Gasteiger partial charge on any atom is 0.323 e. The molecule has 14 heteroatoms. The van der Waals surface area contributed by atoms with Gasteiger partial charge >= 0.3 is 20.5 Å². The lowest BCUT2D eigenvalue weighted by Gasteiger charge is -2.25. The van der Waals surface area contributed by atoms with Gasteiger partial charge in [0.1, 0.15) is 24.6 Å². The highest BCUT2D eigenvalue weighted by molar-refractivity contribution is 7.45. The molecule has 1 heterocycles. The van der Waals surface area contributed by atoms with E-state index in [0.29, 0.717) is 16.8 Å². The van der Waals surface area contributed by atoms with E-state index in [1.54, 1.807) is 32.0 Å². The molecule has 39 heavy (non-hydrogen) atoms. The van der Waals surface area contributed by atoms with Gasteiger partial charge in [0.2, 0.25) is 0 Å². The van der Waals surface area contributed by atoms with Crippen LogP contribution in [0.5, 0.6) is 5.75 Å². The molecule has 3 rings (SSSR count). The summed E-state index contributed by atoms with van der Waals surface area (Å²) in [5.74, 6) is -5.05. The van der Waals surface area contributed by atoms with Crippen molar-refractivity contribution in [3.8, 4) is 5.75 Å². The van der Waals surface area contributed by atoms with E-state index in [4.69, 9.17) is 18.5 Å². The van der Waals surface area contributed by atoms with Crippen molar-refractivity contribution < 1.29 is 46.1 Å². The molecule has 2 aromatic rings. The third-order valence-corrected chi connectivity index (χ3v) is 6.53. The van der Waals surface area contributed by atoms with Crippen molar-refractivity contribution in [2.75, 3.05) is 20.2 Å². The number of hydrogen-bond acceptors (Lipinski definition) is 8. The molecular weight excluding hydrogens is 542 g/mol. The first-order valence-corrected chi connectivity index (χ1v) is 13.1. The number of halogens is 3. The first-order chi connectivity index (χ1) is 18.5. The predicted octanol–water partition coefficient (Wildman–Crippen LogP) is 4.40. The van der Waals surface area contributed by atoms with Crippen LogP contribution >= 0.6 is 8.53 Å². The Morgan fingerprint density at radius 2 is 1.95 bits per heavy atom. The molecule has 0 spiro atoms.